The Morgan fingerprint density at radius 2 is 1.61 bits per heavy atom. The molecule has 2 aliphatic carbocycles. The number of unbranched alkanes of at least 4 members (excludes halogenated alkanes) is 11. The molecule has 6 unspecified atom stereocenters. The summed E-state index contributed by atoms with van der Waals surface area (Å²) in [5.74, 6) is -0.828. The van der Waals surface area contributed by atoms with Crippen molar-refractivity contribution in [1.29, 1.82) is 0 Å². The highest BCUT2D eigenvalue weighted by Crippen LogP contribution is 2.62. The zero-order valence-corrected chi connectivity index (χ0v) is 44.9. The summed E-state index contributed by atoms with van der Waals surface area (Å²) in [6.45, 7) is 10.7. The molecule has 4 aromatic carbocycles. The van der Waals surface area contributed by atoms with E-state index in [-0.39, 0.29) is 69.4 Å². The molecule has 14 heteroatoms. The number of carbonyl (C=O) groups is 1. The highest BCUT2D eigenvalue weighted by Gasteiger charge is 2.66. The van der Waals surface area contributed by atoms with Crippen molar-refractivity contribution in [2.75, 3.05) is 52.7 Å². The minimum Gasteiger partial charge on any atom is -0.492 e. The summed E-state index contributed by atoms with van der Waals surface area (Å²) in [7, 11) is 0. The van der Waals surface area contributed by atoms with Crippen molar-refractivity contribution in [2.24, 2.45) is 22.9 Å². The molecule has 76 heavy (non-hydrogen) atoms. The monoisotopic (exact) mass is 1040 g/mol. The fourth-order valence-corrected chi connectivity index (χ4v) is 12.0. The Morgan fingerprint density at radius 1 is 0.882 bits per heavy atom. The highest BCUT2D eigenvalue weighted by atomic mass is 16.7. The highest BCUT2D eigenvalue weighted by molar-refractivity contribution is 6.03. The van der Waals surface area contributed by atoms with E-state index in [9.17, 15) is 20.3 Å². The largest absolute Gasteiger partial charge is 0.492 e. The third kappa shape index (κ3) is 14.4. The van der Waals surface area contributed by atoms with Gasteiger partial charge in [-0.1, -0.05) is 137 Å². The molecule has 2 heterocycles. The predicted molar refractivity (Wildman–Crippen MR) is 297 cm³/mol. The lowest BCUT2D eigenvalue weighted by atomic mass is 9.55. The fraction of sp³-hybridized carbons (Fsp3) is 0.548. The maximum absolute atomic E-state index is 15.4. The number of nitrogens with zero attached hydrogens (tertiary/aromatic N) is 4. The van der Waals surface area contributed by atoms with Crippen LogP contribution in [0.1, 0.15) is 139 Å². The van der Waals surface area contributed by atoms with Crippen LogP contribution in [0.5, 0.6) is 11.5 Å². The van der Waals surface area contributed by atoms with Crippen LogP contribution in [0.3, 0.4) is 0 Å². The average molecular weight is 1040 g/mol. The molecule has 1 amide bonds. The van der Waals surface area contributed by atoms with Crippen molar-refractivity contribution < 1.29 is 43.7 Å². The topological polar surface area (TPSA) is 165 Å². The molecule has 0 spiro atoms. The van der Waals surface area contributed by atoms with Gasteiger partial charge < -0.3 is 34.0 Å². The summed E-state index contributed by atoms with van der Waals surface area (Å²) in [6, 6.07) is 25.9. The molecule has 1 saturated carbocycles. The van der Waals surface area contributed by atoms with E-state index in [1.165, 1.54) is 57.1 Å². The summed E-state index contributed by atoms with van der Waals surface area (Å²) >= 11 is 0. The number of aliphatic hydroxyl groups excluding tert-OH is 2. The van der Waals surface area contributed by atoms with Gasteiger partial charge in [-0.2, -0.15) is 0 Å². The van der Waals surface area contributed by atoms with E-state index in [1.807, 2.05) is 35.2 Å². The van der Waals surface area contributed by atoms with E-state index in [0.717, 1.165) is 97.8 Å². The summed E-state index contributed by atoms with van der Waals surface area (Å²) in [4.78, 5) is 37.0. The Kier molecular flexibility index (Phi) is 21.2. The van der Waals surface area contributed by atoms with Crippen LogP contribution >= 0.6 is 0 Å². The smallest absolute Gasteiger partial charge is 0.410 e. The fourth-order valence-electron chi connectivity index (χ4n) is 12.0. The lowest BCUT2D eigenvalue weighted by molar-refractivity contribution is -0.384. The van der Waals surface area contributed by atoms with Gasteiger partial charge >= 0.3 is 6.09 Å². The number of nitro benzene ring substituents is 1. The van der Waals surface area contributed by atoms with Gasteiger partial charge in [0, 0.05) is 62.9 Å². The number of fused-ring (bicyclic) bond motifs is 3. The zero-order chi connectivity index (χ0) is 53.1. The standard InChI is InChI=1S/C62H82N4O10/c1-3-5-6-7-8-9-10-11-12-19-39-73-61(69)65(44-49-24-20-23-47-21-13-14-25-52(47)49)58-43-56(63-75-45-46-27-29-50(30-28-46)66(70)71)54-41-48(22-15-17-36-67)53(26-16-18-37-68)59-55-42-51(72-40-35-64-33-34-64)31-32-57(55)76-62(58,60(54)59)74-38-4-2/h4,13-14,20-21,23-25,27-32,41-42,48,53,58-60,67-68H,2-3,5-12,15-19,22,26,33-40,43-45H2,1H3. The van der Waals surface area contributed by atoms with Gasteiger partial charge in [-0.15, -0.1) is 6.58 Å². The van der Waals surface area contributed by atoms with Crippen molar-refractivity contribution >= 4 is 28.3 Å². The molecule has 410 valence electrons. The maximum Gasteiger partial charge on any atom is 0.410 e. The van der Waals surface area contributed by atoms with Crippen molar-refractivity contribution in [3.05, 3.63) is 136 Å². The van der Waals surface area contributed by atoms with E-state index in [0.29, 0.717) is 36.5 Å². The summed E-state index contributed by atoms with van der Waals surface area (Å²) < 4.78 is 27.7. The number of rotatable bonds is 33. The number of oxime groups is 1. The number of hydrogen-bond donors (Lipinski definition) is 2. The maximum atomic E-state index is 15.4. The molecule has 1 saturated heterocycles. The van der Waals surface area contributed by atoms with E-state index in [4.69, 9.17) is 28.9 Å². The summed E-state index contributed by atoms with van der Waals surface area (Å²) in [5.41, 5.74) is 4.16. The van der Waals surface area contributed by atoms with E-state index in [2.05, 4.69) is 54.8 Å². The molecule has 0 bridgehead atoms. The van der Waals surface area contributed by atoms with Crippen molar-refractivity contribution in [1.82, 2.24) is 9.80 Å². The molecule has 8 rings (SSSR count). The Bertz CT molecular complexity index is 2560. The van der Waals surface area contributed by atoms with Gasteiger partial charge in [-0.3, -0.25) is 19.9 Å². The Morgan fingerprint density at radius 3 is 2.33 bits per heavy atom. The molecule has 6 atom stereocenters. The molecular formula is C62H82N4O10. The Labute approximate surface area is 450 Å². The predicted octanol–water partition coefficient (Wildman–Crippen LogP) is 12.8. The number of aliphatic hydroxyl groups is 2. The van der Waals surface area contributed by atoms with Crippen LogP contribution in [0.4, 0.5) is 10.5 Å². The van der Waals surface area contributed by atoms with Gasteiger partial charge in [-0.25, -0.2) is 4.79 Å². The molecule has 2 fully saturated rings. The Hall–Kier alpha value is -5.80. The van der Waals surface area contributed by atoms with Crippen molar-refractivity contribution in [3.63, 3.8) is 0 Å². The molecule has 0 aromatic heterocycles. The van der Waals surface area contributed by atoms with E-state index >= 15 is 4.79 Å². The number of amides is 1. The molecular weight excluding hydrogens is 961 g/mol. The first-order valence-corrected chi connectivity index (χ1v) is 28.5. The quantitative estimate of drug-likeness (QED) is 0.0153. The lowest BCUT2D eigenvalue weighted by Crippen LogP contribution is -2.70. The van der Waals surface area contributed by atoms with Gasteiger partial charge in [0.2, 0.25) is 5.79 Å². The molecule has 0 radical (unpaired) electrons. The third-order valence-electron chi connectivity index (χ3n) is 16.0. The van der Waals surface area contributed by atoms with Gasteiger partial charge in [0.15, 0.2) is 0 Å². The first kappa shape index (κ1) is 56.4. The second-order valence-electron chi connectivity index (χ2n) is 21.2. The number of allylic oxidation sites excluding steroid dienone is 1. The SMILES string of the molecule is C=CCOC12Oc3ccc(OCCN4CC4)cc3C3C(CCCCO)C(CCCCO)C=C(C(=NOCc4ccc([N+](=O)[O-])cc4)CC1N(Cc1cccc4ccccc14)C(=O)OCCCCCCCCCCCC)C32. The molecule has 2 N–H and O–H groups in total. The minimum absolute atomic E-state index is 0.0154. The lowest BCUT2D eigenvalue weighted by Gasteiger charge is -2.60. The molecule has 4 aromatic rings. The van der Waals surface area contributed by atoms with Crippen LogP contribution < -0.4 is 9.47 Å². The number of benzene rings is 4. The first-order chi connectivity index (χ1) is 37.3. The van der Waals surface area contributed by atoms with Crippen LogP contribution in [0.25, 0.3) is 10.8 Å². The van der Waals surface area contributed by atoms with Crippen molar-refractivity contribution in [3.8, 4) is 11.5 Å². The number of non-ortho nitro benzene ring substituents is 1. The first-order valence-electron chi connectivity index (χ1n) is 28.5. The zero-order valence-electron chi connectivity index (χ0n) is 44.9. The normalized spacial score (nSPS) is 22.0. The van der Waals surface area contributed by atoms with Crippen LogP contribution in [0.15, 0.2) is 114 Å². The molecule has 4 aliphatic rings. The molecule has 14 nitrogen and oxygen atoms in total. The second kappa shape index (κ2) is 28.5. The average Bonchev–Trinajstić information content (AvgIpc) is 4.30. The van der Waals surface area contributed by atoms with Gasteiger partial charge in [0.05, 0.1) is 36.3 Å². The summed E-state index contributed by atoms with van der Waals surface area (Å²) in [6.07, 6.45) is 19.8. The van der Waals surface area contributed by atoms with E-state index < -0.39 is 28.8 Å². The third-order valence-corrected chi connectivity index (χ3v) is 16.0. The van der Waals surface area contributed by atoms with Gasteiger partial charge in [0.1, 0.15) is 30.8 Å². The number of carbonyl (C=O) groups excluding carboxylic acids is 1. The van der Waals surface area contributed by atoms with Crippen LogP contribution in [-0.2, 0) is 27.5 Å². The van der Waals surface area contributed by atoms with E-state index in [1.54, 1.807) is 18.2 Å². The Balaban J connectivity index is 1.24. The van der Waals surface area contributed by atoms with Gasteiger partial charge in [0.25, 0.3) is 5.69 Å². The van der Waals surface area contributed by atoms with Crippen LogP contribution in [0.2, 0.25) is 0 Å². The second-order valence-corrected chi connectivity index (χ2v) is 21.2. The minimum atomic E-state index is -1.50. The summed E-state index contributed by atoms with van der Waals surface area (Å²) in [5, 5.41) is 38.8. The van der Waals surface area contributed by atoms with Gasteiger partial charge in [-0.05, 0) is 102 Å². The van der Waals surface area contributed by atoms with Crippen LogP contribution in [-0.4, -0.2) is 101 Å². The number of nitro groups is 1. The van der Waals surface area contributed by atoms with Crippen LogP contribution in [0, 0.1) is 27.9 Å². The van der Waals surface area contributed by atoms with Crippen molar-refractivity contribution in [2.45, 2.75) is 147 Å². The molecule has 2 aliphatic heterocycles. The number of ether oxygens (including phenoxy) is 4. The number of hydrogen-bond acceptors (Lipinski definition) is 12.